The Labute approximate surface area is 71.6 Å². The molecular weight excluding hydrogens is 152 g/mol. The van der Waals surface area contributed by atoms with Gasteiger partial charge in [0.05, 0.1) is 0 Å². The lowest BCUT2D eigenvalue weighted by Crippen LogP contribution is -2.09. The number of ketones is 1. The second-order valence-electron chi connectivity index (χ2n) is 3.37. The summed E-state index contributed by atoms with van der Waals surface area (Å²) in [4.78, 5) is 11.2. The van der Waals surface area contributed by atoms with Gasteiger partial charge in [-0.1, -0.05) is 26.0 Å². The maximum absolute atomic E-state index is 11.2. The summed E-state index contributed by atoms with van der Waals surface area (Å²) in [7, 11) is 0. The summed E-state index contributed by atoms with van der Waals surface area (Å²) in [6, 6.07) is 0. The molecule has 0 heterocycles. The molecule has 0 aromatic rings. The van der Waals surface area contributed by atoms with Gasteiger partial charge in [0.1, 0.15) is 5.71 Å². The Kier molecular flexibility index (Phi) is 2.13. The molecule has 2 N–H and O–H groups in total. The highest BCUT2D eigenvalue weighted by Gasteiger charge is 2.15. The molecule has 0 saturated carbocycles. The van der Waals surface area contributed by atoms with Crippen LogP contribution in [0.5, 0.6) is 0 Å². The quantitative estimate of drug-likeness (QED) is 0.429. The van der Waals surface area contributed by atoms with Crippen LogP contribution in [-0.4, -0.2) is 11.5 Å². The topological polar surface area (TPSA) is 55.5 Å². The van der Waals surface area contributed by atoms with Crippen molar-refractivity contribution in [3.8, 4) is 0 Å². The summed E-state index contributed by atoms with van der Waals surface area (Å²) >= 11 is 0. The van der Waals surface area contributed by atoms with Crippen molar-refractivity contribution < 1.29 is 4.79 Å². The number of rotatable bonds is 0. The summed E-state index contributed by atoms with van der Waals surface area (Å²) in [5, 5.41) is 3.38. The molecule has 0 amide bonds. The van der Waals surface area contributed by atoms with Gasteiger partial charge in [-0.15, -0.1) is 0 Å². The van der Waals surface area contributed by atoms with Gasteiger partial charge in [-0.2, -0.15) is 5.10 Å². The van der Waals surface area contributed by atoms with Gasteiger partial charge in [0.2, 0.25) is 5.78 Å². The lowest BCUT2D eigenvalue weighted by molar-refractivity contribution is -0.108. The third-order valence-electron chi connectivity index (χ3n) is 1.73. The highest BCUT2D eigenvalue weighted by atomic mass is 16.1. The van der Waals surface area contributed by atoms with Gasteiger partial charge in [0, 0.05) is 5.41 Å². The number of carbonyl (C=O) groups is 1. The smallest absolute Gasteiger partial charge is 0.205 e. The van der Waals surface area contributed by atoms with Crippen LogP contribution in [-0.2, 0) is 4.79 Å². The second kappa shape index (κ2) is 2.93. The predicted molar refractivity (Wildman–Crippen MR) is 48.7 cm³/mol. The molecule has 0 unspecified atom stereocenters. The van der Waals surface area contributed by atoms with E-state index in [0.29, 0.717) is 5.71 Å². The average Bonchev–Trinajstić information content (AvgIpc) is 2.13. The van der Waals surface area contributed by atoms with Crippen LogP contribution in [0, 0.1) is 5.41 Å². The largest absolute Gasteiger partial charge is 0.323 e. The standard InChI is InChI=1S/C9H12N2O/c1-9(2)5-3-7(11-10)8(12)4-6-9/h3-6H,10H2,1-2H3. The number of nitrogens with zero attached hydrogens (tertiary/aromatic N) is 1. The number of hydrogen-bond acceptors (Lipinski definition) is 3. The average molecular weight is 164 g/mol. The van der Waals surface area contributed by atoms with E-state index in [1.807, 2.05) is 26.0 Å². The summed E-state index contributed by atoms with van der Waals surface area (Å²) in [6.45, 7) is 4.01. The van der Waals surface area contributed by atoms with Crippen LogP contribution >= 0.6 is 0 Å². The molecule has 0 radical (unpaired) electrons. The minimum atomic E-state index is -0.140. The molecule has 1 aliphatic carbocycles. The second-order valence-corrected chi connectivity index (χ2v) is 3.37. The Bertz CT molecular complexity index is 285. The van der Waals surface area contributed by atoms with Gasteiger partial charge in [-0.3, -0.25) is 4.79 Å². The fourth-order valence-electron chi connectivity index (χ4n) is 0.914. The van der Waals surface area contributed by atoms with Crippen molar-refractivity contribution in [3.63, 3.8) is 0 Å². The van der Waals surface area contributed by atoms with Gasteiger partial charge >= 0.3 is 0 Å². The fraction of sp³-hybridized carbons (Fsp3) is 0.333. The van der Waals surface area contributed by atoms with Crippen LogP contribution in [0.25, 0.3) is 0 Å². The maximum Gasteiger partial charge on any atom is 0.205 e. The molecule has 0 aromatic heterocycles. The molecule has 0 spiro atoms. The van der Waals surface area contributed by atoms with Gasteiger partial charge in [-0.25, -0.2) is 0 Å². The van der Waals surface area contributed by atoms with Gasteiger partial charge in [0.25, 0.3) is 0 Å². The van der Waals surface area contributed by atoms with Crippen LogP contribution < -0.4 is 5.84 Å². The number of hydrazone groups is 1. The summed E-state index contributed by atoms with van der Waals surface area (Å²) in [6.07, 6.45) is 6.90. The molecule has 0 atom stereocenters. The highest BCUT2D eigenvalue weighted by molar-refractivity contribution is 6.48. The molecule has 0 bridgehead atoms. The molecule has 12 heavy (non-hydrogen) atoms. The Balaban J connectivity index is 3.06. The van der Waals surface area contributed by atoms with E-state index in [2.05, 4.69) is 5.10 Å². The molecule has 3 heteroatoms. The molecule has 1 rings (SSSR count). The van der Waals surface area contributed by atoms with Gasteiger partial charge in [0.15, 0.2) is 0 Å². The van der Waals surface area contributed by atoms with Crippen LogP contribution in [0.4, 0.5) is 0 Å². The first kappa shape index (κ1) is 8.71. The third-order valence-corrected chi connectivity index (χ3v) is 1.73. The molecule has 0 saturated heterocycles. The van der Waals surface area contributed by atoms with E-state index in [1.54, 1.807) is 6.08 Å². The van der Waals surface area contributed by atoms with Crippen molar-refractivity contribution in [2.45, 2.75) is 13.8 Å². The first-order chi connectivity index (χ1) is 5.55. The molecule has 1 aliphatic rings. The molecule has 3 nitrogen and oxygen atoms in total. The highest BCUT2D eigenvalue weighted by Crippen LogP contribution is 2.20. The van der Waals surface area contributed by atoms with E-state index in [9.17, 15) is 4.79 Å². The fourth-order valence-corrected chi connectivity index (χ4v) is 0.914. The first-order valence-electron chi connectivity index (χ1n) is 3.76. The third kappa shape index (κ3) is 1.81. The first-order valence-corrected chi connectivity index (χ1v) is 3.76. The van der Waals surface area contributed by atoms with E-state index in [-0.39, 0.29) is 11.2 Å². The molecule has 0 fully saturated rings. The minimum absolute atomic E-state index is 0.0951. The Morgan fingerprint density at radius 2 is 1.92 bits per heavy atom. The number of carbonyl (C=O) groups excluding carboxylic acids is 1. The van der Waals surface area contributed by atoms with Crippen molar-refractivity contribution >= 4 is 11.5 Å². The van der Waals surface area contributed by atoms with E-state index >= 15 is 0 Å². The number of hydrogen-bond donors (Lipinski definition) is 1. The summed E-state index contributed by atoms with van der Waals surface area (Å²) in [5.74, 6) is 4.89. The Morgan fingerprint density at radius 1 is 1.33 bits per heavy atom. The maximum atomic E-state index is 11.2. The van der Waals surface area contributed by atoms with Gasteiger partial charge in [-0.05, 0) is 12.2 Å². The Hall–Kier alpha value is -1.38. The van der Waals surface area contributed by atoms with Gasteiger partial charge < -0.3 is 5.84 Å². The van der Waals surface area contributed by atoms with E-state index in [4.69, 9.17) is 5.84 Å². The zero-order chi connectivity index (χ0) is 9.19. The predicted octanol–water partition coefficient (Wildman–Crippen LogP) is 1.02. The van der Waals surface area contributed by atoms with Crippen molar-refractivity contribution in [2.75, 3.05) is 0 Å². The lowest BCUT2D eigenvalue weighted by atomic mass is 9.93. The number of nitrogens with two attached hydrogens (primary N) is 1. The van der Waals surface area contributed by atoms with Crippen molar-refractivity contribution in [3.05, 3.63) is 24.3 Å². The summed E-state index contributed by atoms with van der Waals surface area (Å²) in [5.41, 5.74) is 0.207. The zero-order valence-corrected chi connectivity index (χ0v) is 7.24. The summed E-state index contributed by atoms with van der Waals surface area (Å²) < 4.78 is 0. The van der Waals surface area contributed by atoms with Crippen LogP contribution in [0.3, 0.4) is 0 Å². The minimum Gasteiger partial charge on any atom is -0.323 e. The van der Waals surface area contributed by atoms with Crippen molar-refractivity contribution in [1.29, 1.82) is 0 Å². The molecule has 0 aliphatic heterocycles. The van der Waals surface area contributed by atoms with Crippen molar-refractivity contribution in [1.82, 2.24) is 0 Å². The SMILES string of the molecule is CC1(C)C=CC(=O)C(=NN)C=C1. The normalized spacial score (nSPS) is 24.5. The van der Waals surface area contributed by atoms with Crippen LogP contribution in [0.2, 0.25) is 0 Å². The van der Waals surface area contributed by atoms with E-state index < -0.39 is 0 Å². The molecule has 64 valence electrons. The number of allylic oxidation sites excluding steroid dienone is 4. The van der Waals surface area contributed by atoms with Crippen LogP contribution in [0.1, 0.15) is 13.8 Å². The monoisotopic (exact) mass is 164 g/mol. The van der Waals surface area contributed by atoms with Crippen molar-refractivity contribution in [2.24, 2.45) is 16.4 Å². The lowest BCUT2D eigenvalue weighted by Gasteiger charge is -2.11. The molecule has 0 aromatic carbocycles. The Morgan fingerprint density at radius 3 is 2.50 bits per heavy atom. The van der Waals surface area contributed by atoms with Crippen LogP contribution in [0.15, 0.2) is 29.4 Å². The van der Waals surface area contributed by atoms with E-state index in [1.165, 1.54) is 6.08 Å². The zero-order valence-electron chi connectivity index (χ0n) is 7.24. The molecular formula is C9H12N2O. The van der Waals surface area contributed by atoms with E-state index in [0.717, 1.165) is 0 Å².